The lowest BCUT2D eigenvalue weighted by atomic mass is 9.92. The molecule has 3 heteroatoms. The lowest BCUT2D eigenvalue weighted by molar-refractivity contribution is 0.891. The van der Waals surface area contributed by atoms with E-state index in [1.165, 1.54) is 55.3 Å². The van der Waals surface area contributed by atoms with E-state index in [1.54, 1.807) is 0 Å². The molecule has 0 atom stereocenters. The van der Waals surface area contributed by atoms with Crippen LogP contribution >= 0.6 is 0 Å². The van der Waals surface area contributed by atoms with Crippen LogP contribution in [0.15, 0.2) is 237 Å². The fraction of sp³-hybridized carbons (Fsp3) is 0. The van der Waals surface area contributed by atoms with Gasteiger partial charge in [-0.1, -0.05) is 182 Å². The topological polar surface area (TPSA) is 22.8 Å². The van der Waals surface area contributed by atoms with E-state index in [0.717, 1.165) is 44.9 Å². The van der Waals surface area contributed by atoms with Crippen molar-refractivity contribution in [3.63, 3.8) is 0 Å². The highest BCUT2D eigenvalue weighted by molar-refractivity contribution is 6.12. The molecule has 0 spiro atoms. The Morgan fingerprint density at radius 1 is 0.283 bits per heavy atom. The number of hydrogen-bond donors (Lipinski definition) is 0. The minimum absolute atomic E-state index is 0.940. The molecule has 11 aromatic rings. The largest absolute Gasteiger partial charge is 0.309 e. The first-order valence-electron chi connectivity index (χ1n) is 20.5. The molecular formula is C57H39N3. The standard InChI is InChI=1S/C57H39N3/c1-5-17-40(18-6-1)48-25-13-15-27-50(48)44-29-35-55-52(37-44)53-38-45(51-28-16-14-26-49(51)41-19-7-2-8-20-41)30-36-56(53)59(55)46-31-33-47(34-32-46)60-57(43-23-11-4-12-24-43)39-54(58-60)42-21-9-3-10-22-42/h1-39H. The van der Waals surface area contributed by atoms with Crippen LogP contribution in [0.1, 0.15) is 0 Å². The van der Waals surface area contributed by atoms with Crippen molar-refractivity contribution in [3.05, 3.63) is 237 Å². The van der Waals surface area contributed by atoms with E-state index < -0.39 is 0 Å². The summed E-state index contributed by atoms with van der Waals surface area (Å²) in [6, 6.07) is 84.7. The van der Waals surface area contributed by atoms with Crippen LogP contribution in [0, 0.1) is 0 Å². The van der Waals surface area contributed by atoms with Crippen molar-refractivity contribution in [1.82, 2.24) is 14.3 Å². The third-order valence-corrected chi connectivity index (χ3v) is 11.6. The average Bonchev–Trinajstić information content (AvgIpc) is 3.93. The van der Waals surface area contributed by atoms with Crippen LogP contribution in [0.25, 0.3) is 100 Å². The maximum absolute atomic E-state index is 5.16. The molecule has 11 rings (SSSR count). The van der Waals surface area contributed by atoms with Gasteiger partial charge in [-0.05, 0) is 99.1 Å². The van der Waals surface area contributed by atoms with Gasteiger partial charge in [0.1, 0.15) is 0 Å². The molecule has 0 aliphatic rings. The summed E-state index contributed by atoms with van der Waals surface area (Å²) in [6.45, 7) is 0. The van der Waals surface area contributed by atoms with Crippen molar-refractivity contribution >= 4 is 21.8 Å². The number of fused-ring (bicyclic) bond motifs is 3. The number of hydrogen-bond acceptors (Lipinski definition) is 1. The molecule has 0 unspecified atom stereocenters. The van der Waals surface area contributed by atoms with Crippen LogP contribution in [-0.4, -0.2) is 14.3 Å². The molecule has 9 aromatic carbocycles. The summed E-state index contributed by atoms with van der Waals surface area (Å²) in [5.74, 6) is 0. The van der Waals surface area contributed by atoms with Crippen molar-refractivity contribution in [1.29, 1.82) is 0 Å². The molecule has 0 aliphatic heterocycles. The first kappa shape index (κ1) is 35.2. The second-order valence-electron chi connectivity index (χ2n) is 15.2. The zero-order valence-corrected chi connectivity index (χ0v) is 32.9. The zero-order chi connectivity index (χ0) is 39.8. The van der Waals surface area contributed by atoms with Gasteiger partial charge in [0.2, 0.25) is 0 Å². The smallest absolute Gasteiger partial charge is 0.0934 e. The zero-order valence-electron chi connectivity index (χ0n) is 32.9. The van der Waals surface area contributed by atoms with Gasteiger partial charge in [-0.2, -0.15) is 5.10 Å². The molecule has 282 valence electrons. The first-order chi connectivity index (χ1) is 29.8. The van der Waals surface area contributed by atoms with Gasteiger partial charge in [0.25, 0.3) is 0 Å². The van der Waals surface area contributed by atoms with Crippen molar-refractivity contribution in [2.75, 3.05) is 0 Å². The van der Waals surface area contributed by atoms with Gasteiger partial charge in [0, 0.05) is 27.6 Å². The summed E-state index contributed by atoms with van der Waals surface area (Å²) in [4.78, 5) is 0. The molecule has 0 bridgehead atoms. The second kappa shape index (κ2) is 15.1. The van der Waals surface area contributed by atoms with E-state index >= 15 is 0 Å². The molecule has 0 radical (unpaired) electrons. The molecule has 0 saturated carbocycles. The molecule has 0 N–H and O–H groups in total. The van der Waals surface area contributed by atoms with Crippen molar-refractivity contribution in [2.24, 2.45) is 0 Å². The van der Waals surface area contributed by atoms with Crippen LogP contribution in [-0.2, 0) is 0 Å². The molecular weight excluding hydrogens is 727 g/mol. The van der Waals surface area contributed by atoms with Gasteiger partial charge in [0.05, 0.1) is 28.1 Å². The third kappa shape index (κ3) is 6.30. The normalized spacial score (nSPS) is 11.3. The SMILES string of the molecule is c1ccc(-c2cc(-c3ccccc3)n(-c3ccc(-n4c5ccc(-c6ccccc6-c6ccccc6)cc5c5cc(-c6ccccc6-c6ccccc6)ccc54)cc3)n2)cc1. The summed E-state index contributed by atoms with van der Waals surface area (Å²) in [5.41, 5.74) is 18.3. The Morgan fingerprint density at radius 2 is 0.667 bits per heavy atom. The molecule has 2 aromatic heterocycles. The van der Waals surface area contributed by atoms with Gasteiger partial charge < -0.3 is 4.57 Å². The fourth-order valence-electron chi connectivity index (χ4n) is 8.73. The second-order valence-corrected chi connectivity index (χ2v) is 15.2. The summed E-state index contributed by atoms with van der Waals surface area (Å²) < 4.78 is 4.48. The summed E-state index contributed by atoms with van der Waals surface area (Å²) in [7, 11) is 0. The number of nitrogens with zero attached hydrogens (tertiary/aromatic N) is 3. The summed E-state index contributed by atoms with van der Waals surface area (Å²) >= 11 is 0. The Bertz CT molecular complexity index is 3130. The Morgan fingerprint density at radius 3 is 1.13 bits per heavy atom. The fourth-order valence-corrected chi connectivity index (χ4v) is 8.73. The van der Waals surface area contributed by atoms with E-state index in [9.17, 15) is 0 Å². The predicted octanol–water partition coefficient (Wildman–Crippen LogP) is 15.0. The van der Waals surface area contributed by atoms with E-state index in [4.69, 9.17) is 5.10 Å². The van der Waals surface area contributed by atoms with Gasteiger partial charge in [-0.25, -0.2) is 4.68 Å². The molecule has 3 nitrogen and oxygen atoms in total. The highest BCUT2D eigenvalue weighted by Crippen LogP contribution is 2.41. The number of aromatic nitrogens is 3. The summed E-state index contributed by atoms with van der Waals surface area (Å²) in [6.07, 6.45) is 0. The van der Waals surface area contributed by atoms with E-state index in [2.05, 4.69) is 240 Å². The molecule has 0 amide bonds. The van der Waals surface area contributed by atoms with Crippen LogP contribution in [0.4, 0.5) is 0 Å². The Balaban J connectivity index is 1.08. The number of rotatable bonds is 8. The van der Waals surface area contributed by atoms with Crippen molar-refractivity contribution < 1.29 is 0 Å². The van der Waals surface area contributed by atoms with Gasteiger partial charge >= 0.3 is 0 Å². The van der Waals surface area contributed by atoms with Crippen LogP contribution in [0.3, 0.4) is 0 Å². The van der Waals surface area contributed by atoms with E-state index in [-0.39, 0.29) is 0 Å². The minimum Gasteiger partial charge on any atom is -0.309 e. The maximum Gasteiger partial charge on any atom is 0.0934 e. The average molecular weight is 766 g/mol. The molecule has 0 aliphatic carbocycles. The molecule has 2 heterocycles. The van der Waals surface area contributed by atoms with Gasteiger partial charge in [-0.15, -0.1) is 0 Å². The van der Waals surface area contributed by atoms with Gasteiger partial charge in [0.15, 0.2) is 0 Å². The minimum atomic E-state index is 0.940. The van der Waals surface area contributed by atoms with Crippen molar-refractivity contribution in [2.45, 2.75) is 0 Å². The Labute approximate surface area is 349 Å². The van der Waals surface area contributed by atoms with Crippen molar-refractivity contribution in [3.8, 4) is 78.4 Å². The van der Waals surface area contributed by atoms with Crippen LogP contribution in [0.2, 0.25) is 0 Å². The van der Waals surface area contributed by atoms with Gasteiger partial charge in [-0.3, -0.25) is 0 Å². The third-order valence-electron chi connectivity index (χ3n) is 11.6. The predicted molar refractivity (Wildman–Crippen MR) is 251 cm³/mol. The molecule has 0 fully saturated rings. The lowest BCUT2D eigenvalue weighted by Crippen LogP contribution is -2.00. The Hall–Kier alpha value is -8.01. The highest BCUT2D eigenvalue weighted by atomic mass is 15.3. The molecule has 60 heavy (non-hydrogen) atoms. The van der Waals surface area contributed by atoms with Crippen LogP contribution in [0.5, 0.6) is 0 Å². The van der Waals surface area contributed by atoms with E-state index in [1.807, 2.05) is 6.07 Å². The Kier molecular flexibility index (Phi) is 8.83. The molecule has 0 saturated heterocycles. The maximum atomic E-state index is 5.16. The first-order valence-corrected chi connectivity index (χ1v) is 20.5. The highest BCUT2D eigenvalue weighted by Gasteiger charge is 2.18. The quantitative estimate of drug-likeness (QED) is 0.151. The lowest BCUT2D eigenvalue weighted by Gasteiger charge is -2.13. The number of benzene rings is 9. The monoisotopic (exact) mass is 765 g/mol. The summed E-state index contributed by atoms with van der Waals surface area (Å²) in [5, 5.41) is 7.58. The van der Waals surface area contributed by atoms with E-state index in [0.29, 0.717) is 0 Å². The van der Waals surface area contributed by atoms with Crippen LogP contribution < -0.4 is 0 Å².